The number of nitrogens with zero attached hydrogens (tertiary/aromatic N) is 1. The SMILES string of the molecule is C/C=C(\C=C/[NH2+]O)CC(c1ccc(OC(F)F)c(OC2CC2)c1)c1cnc(C(C)(C)O)s1. The van der Waals surface area contributed by atoms with Crippen LogP contribution in [-0.2, 0) is 5.60 Å². The van der Waals surface area contributed by atoms with Gasteiger partial charge in [0.1, 0.15) is 16.8 Å². The van der Waals surface area contributed by atoms with Crippen LogP contribution in [0.1, 0.15) is 61.4 Å². The Morgan fingerprint density at radius 2 is 2.09 bits per heavy atom. The van der Waals surface area contributed by atoms with Gasteiger partial charge < -0.3 is 14.6 Å². The molecule has 0 bridgehead atoms. The number of halogens is 2. The Morgan fingerprint density at radius 3 is 2.66 bits per heavy atom. The highest BCUT2D eigenvalue weighted by Gasteiger charge is 2.28. The van der Waals surface area contributed by atoms with E-state index in [1.165, 1.54) is 17.4 Å². The van der Waals surface area contributed by atoms with Crippen molar-refractivity contribution in [3.8, 4) is 11.5 Å². The van der Waals surface area contributed by atoms with Crippen LogP contribution in [0, 0.1) is 0 Å². The number of hydrogen-bond acceptors (Lipinski definition) is 6. The van der Waals surface area contributed by atoms with E-state index in [4.69, 9.17) is 9.94 Å². The Kier molecular flexibility index (Phi) is 8.00. The van der Waals surface area contributed by atoms with Crippen molar-refractivity contribution in [1.82, 2.24) is 4.98 Å². The number of allylic oxidation sites excluding steroid dienone is 3. The van der Waals surface area contributed by atoms with E-state index in [-0.39, 0.29) is 17.8 Å². The molecule has 1 aromatic carbocycles. The molecule has 2 aromatic rings. The Morgan fingerprint density at radius 1 is 1.34 bits per heavy atom. The standard InChI is InChI=1S/C23H28F2N2O4S/c1-4-14(9-10-27-29)11-17(20-13-26-21(32-20)23(2,3)28)15-5-8-18(31-22(24)25)19(12-15)30-16-6-7-16/h4-5,8-10,12-13,16-17,22,27-29H,6-7,11H2,1-3H3/p+1/b10-9-,14-4+. The molecule has 174 valence electrons. The second-order valence-electron chi connectivity index (χ2n) is 8.16. The summed E-state index contributed by atoms with van der Waals surface area (Å²) >= 11 is 1.40. The van der Waals surface area contributed by atoms with E-state index >= 15 is 0 Å². The number of hydrogen-bond donors (Lipinski definition) is 3. The summed E-state index contributed by atoms with van der Waals surface area (Å²) in [5.41, 5.74) is 1.72. The Hall–Kier alpha value is -2.33. The Bertz CT molecular complexity index is 965. The number of benzene rings is 1. The van der Waals surface area contributed by atoms with Crippen molar-refractivity contribution in [3.05, 3.63) is 63.8 Å². The zero-order valence-corrected chi connectivity index (χ0v) is 19.1. The summed E-state index contributed by atoms with van der Waals surface area (Å²) < 4.78 is 36.3. The normalized spacial score (nSPS) is 16.1. The van der Waals surface area contributed by atoms with Crippen molar-refractivity contribution >= 4 is 11.3 Å². The van der Waals surface area contributed by atoms with Gasteiger partial charge in [-0.3, -0.25) is 0 Å². The fraction of sp³-hybridized carbons (Fsp3) is 0.435. The van der Waals surface area contributed by atoms with E-state index in [9.17, 15) is 13.9 Å². The van der Waals surface area contributed by atoms with Gasteiger partial charge in [0.25, 0.3) is 0 Å². The first-order valence-electron chi connectivity index (χ1n) is 10.4. The van der Waals surface area contributed by atoms with Crippen LogP contribution in [-0.4, -0.2) is 28.0 Å². The first-order valence-corrected chi connectivity index (χ1v) is 11.3. The molecule has 3 rings (SSSR count). The predicted molar refractivity (Wildman–Crippen MR) is 117 cm³/mol. The van der Waals surface area contributed by atoms with Crippen LogP contribution in [0.4, 0.5) is 8.78 Å². The lowest BCUT2D eigenvalue weighted by atomic mass is 9.90. The van der Waals surface area contributed by atoms with Crippen LogP contribution in [0.25, 0.3) is 0 Å². The van der Waals surface area contributed by atoms with E-state index in [1.54, 1.807) is 44.5 Å². The minimum Gasteiger partial charge on any atom is -0.487 e. The van der Waals surface area contributed by atoms with Crippen LogP contribution < -0.4 is 15.0 Å². The smallest absolute Gasteiger partial charge is 0.387 e. The molecule has 1 heterocycles. The first kappa shape index (κ1) is 24.3. The minimum atomic E-state index is -2.94. The summed E-state index contributed by atoms with van der Waals surface area (Å²) in [5.74, 6) is 0.140. The van der Waals surface area contributed by atoms with Crippen LogP contribution in [0.15, 0.2) is 48.3 Å². The molecule has 1 aromatic heterocycles. The highest BCUT2D eigenvalue weighted by molar-refractivity contribution is 7.11. The Labute approximate surface area is 190 Å². The van der Waals surface area contributed by atoms with Crippen molar-refractivity contribution < 1.29 is 34.0 Å². The molecule has 0 saturated heterocycles. The van der Waals surface area contributed by atoms with E-state index in [0.717, 1.165) is 34.3 Å². The lowest BCUT2D eigenvalue weighted by molar-refractivity contribution is -0.838. The van der Waals surface area contributed by atoms with Gasteiger partial charge in [-0.1, -0.05) is 12.1 Å². The molecule has 0 spiro atoms. The molecule has 4 N–H and O–H groups in total. The molecule has 32 heavy (non-hydrogen) atoms. The van der Waals surface area contributed by atoms with Gasteiger partial charge in [0, 0.05) is 17.0 Å². The van der Waals surface area contributed by atoms with Crippen molar-refractivity contribution in [2.75, 3.05) is 0 Å². The molecular formula is C23H29F2N2O4S+. The van der Waals surface area contributed by atoms with Crippen molar-refractivity contribution in [3.63, 3.8) is 0 Å². The molecule has 0 aliphatic heterocycles. The second-order valence-corrected chi connectivity index (χ2v) is 9.22. The van der Waals surface area contributed by atoms with Gasteiger partial charge in [0.2, 0.25) is 0 Å². The third-order valence-corrected chi connectivity index (χ3v) is 6.43. The van der Waals surface area contributed by atoms with Gasteiger partial charge in [-0.05, 0) is 69.4 Å². The number of alkyl halides is 2. The summed E-state index contributed by atoms with van der Waals surface area (Å²) in [6.45, 7) is 2.33. The summed E-state index contributed by atoms with van der Waals surface area (Å²) in [6, 6.07) is 5.01. The molecule has 1 aliphatic carbocycles. The number of aliphatic hydroxyl groups is 1. The molecule has 1 unspecified atom stereocenters. The lowest BCUT2D eigenvalue weighted by Gasteiger charge is -2.20. The van der Waals surface area contributed by atoms with E-state index in [0.29, 0.717) is 17.2 Å². The number of hydroxylamine groups is 1. The maximum absolute atomic E-state index is 12.9. The third kappa shape index (κ3) is 6.59. The maximum atomic E-state index is 12.9. The van der Waals surface area contributed by atoms with Crippen molar-refractivity contribution in [2.45, 2.75) is 64.3 Å². The molecule has 0 radical (unpaired) electrons. The van der Waals surface area contributed by atoms with E-state index in [2.05, 4.69) is 9.72 Å². The van der Waals surface area contributed by atoms with Gasteiger partial charge in [0.05, 0.1) is 6.10 Å². The predicted octanol–water partition coefficient (Wildman–Crippen LogP) is 4.45. The van der Waals surface area contributed by atoms with Gasteiger partial charge in [-0.25, -0.2) is 10.2 Å². The maximum Gasteiger partial charge on any atom is 0.387 e. The highest BCUT2D eigenvalue weighted by Crippen LogP contribution is 2.41. The lowest BCUT2D eigenvalue weighted by Crippen LogP contribution is -2.73. The molecule has 9 heteroatoms. The average Bonchev–Trinajstić information content (AvgIpc) is 3.40. The Balaban J connectivity index is 2.01. The molecule has 1 atom stereocenters. The third-order valence-electron chi connectivity index (χ3n) is 5.00. The quantitative estimate of drug-likeness (QED) is 0.336. The van der Waals surface area contributed by atoms with Gasteiger partial charge in [-0.2, -0.15) is 14.3 Å². The number of nitrogens with two attached hydrogens (primary N) is 1. The van der Waals surface area contributed by atoms with Crippen molar-refractivity contribution in [1.29, 1.82) is 0 Å². The van der Waals surface area contributed by atoms with Crippen LogP contribution >= 0.6 is 11.3 Å². The zero-order valence-electron chi connectivity index (χ0n) is 18.3. The molecule has 1 fully saturated rings. The summed E-state index contributed by atoms with van der Waals surface area (Å²) in [5, 5.41) is 20.0. The number of rotatable bonds is 11. The first-order chi connectivity index (χ1) is 15.2. The van der Waals surface area contributed by atoms with Crippen LogP contribution in [0.3, 0.4) is 0 Å². The highest BCUT2D eigenvalue weighted by atomic mass is 32.1. The van der Waals surface area contributed by atoms with E-state index < -0.39 is 12.2 Å². The number of aromatic nitrogens is 1. The fourth-order valence-electron chi connectivity index (χ4n) is 3.19. The summed E-state index contributed by atoms with van der Waals surface area (Å²) in [4.78, 5) is 5.32. The van der Waals surface area contributed by atoms with Crippen LogP contribution in [0.2, 0.25) is 0 Å². The minimum absolute atomic E-state index is 0.0110. The fourth-order valence-corrected chi connectivity index (χ4v) is 4.24. The van der Waals surface area contributed by atoms with Gasteiger partial charge >= 0.3 is 6.61 Å². The summed E-state index contributed by atoms with van der Waals surface area (Å²) in [7, 11) is 0. The zero-order chi connectivity index (χ0) is 23.3. The molecular weight excluding hydrogens is 438 g/mol. The molecule has 1 saturated carbocycles. The molecule has 0 amide bonds. The monoisotopic (exact) mass is 467 g/mol. The second kappa shape index (κ2) is 10.5. The largest absolute Gasteiger partial charge is 0.487 e. The number of thiazole rings is 1. The van der Waals surface area contributed by atoms with E-state index in [1.807, 2.05) is 13.0 Å². The van der Waals surface area contributed by atoms with Crippen molar-refractivity contribution in [2.24, 2.45) is 0 Å². The average molecular weight is 468 g/mol. The number of ether oxygens (including phenoxy) is 2. The van der Waals surface area contributed by atoms with Gasteiger partial charge in [-0.15, -0.1) is 11.3 Å². The summed E-state index contributed by atoms with van der Waals surface area (Å²) in [6.07, 6.45) is 9.40. The topological polar surface area (TPSA) is 88.4 Å². The molecule has 1 aliphatic rings. The number of quaternary nitrogens is 1. The van der Waals surface area contributed by atoms with Gasteiger partial charge in [0.15, 0.2) is 11.5 Å². The van der Waals surface area contributed by atoms with Crippen LogP contribution in [0.5, 0.6) is 11.5 Å². The molecule has 6 nitrogen and oxygen atoms in total.